The molecule has 2 saturated heterocycles. The number of rotatable bonds is 4. The van der Waals surface area contributed by atoms with Crippen molar-refractivity contribution < 1.29 is 9.59 Å². The second kappa shape index (κ2) is 7.89. The van der Waals surface area contributed by atoms with Gasteiger partial charge in [-0.05, 0) is 30.9 Å². The molecule has 2 aromatic rings. The predicted molar refractivity (Wildman–Crippen MR) is 113 cm³/mol. The van der Waals surface area contributed by atoms with E-state index in [0.29, 0.717) is 17.7 Å². The van der Waals surface area contributed by atoms with Crippen LogP contribution >= 0.6 is 0 Å². The van der Waals surface area contributed by atoms with E-state index in [1.54, 1.807) is 10.9 Å². The molecule has 2 aliphatic heterocycles. The van der Waals surface area contributed by atoms with E-state index < -0.39 is 0 Å². The predicted octanol–water partition coefficient (Wildman–Crippen LogP) is 3.04. The van der Waals surface area contributed by atoms with Crippen LogP contribution in [0.25, 0.3) is 0 Å². The third-order valence-electron chi connectivity index (χ3n) is 7.21. The second-order valence-electron chi connectivity index (χ2n) is 9.27. The number of hydrogen-bond acceptors (Lipinski definition) is 3. The molecule has 0 N–H and O–H groups in total. The molecule has 3 atom stereocenters. The normalized spacial score (nSPS) is 26.4. The molecule has 1 aliphatic carbocycles. The first-order chi connectivity index (χ1) is 14.6. The summed E-state index contributed by atoms with van der Waals surface area (Å²) in [7, 11) is 0. The maximum Gasteiger partial charge on any atom is 0.244 e. The van der Waals surface area contributed by atoms with Gasteiger partial charge in [-0.1, -0.05) is 43.2 Å². The van der Waals surface area contributed by atoms with Gasteiger partial charge in [0.05, 0.1) is 12.2 Å². The second-order valence-corrected chi connectivity index (χ2v) is 9.27. The molecule has 1 saturated carbocycles. The number of aryl methyl sites for hydroxylation is 1. The van der Waals surface area contributed by atoms with E-state index >= 15 is 0 Å². The standard InChI is InChI=1S/C24H30N4O2/c1-17-11-25-27(12-17)16-22(29)26-13-20-14-28(24(30)19-9-5-6-10-19)23(21(20)15-26)18-7-3-2-4-8-18/h2-4,7-8,11-12,19-21,23H,5-6,9-10,13-16H2,1H3/t20-,21-,23+/m0/s1. The topological polar surface area (TPSA) is 58.4 Å². The lowest BCUT2D eigenvalue weighted by molar-refractivity contribution is -0.137. The number of benzene rings is 1. The van der Waals surface area contributed by atoms with Crippen molar-refractivity contribution >= 4 is 11.8 Å². The lowest BCUT2D eigenvalue weighted by Gasteiger charge is -2.31. The number of carbonyl (C=O) groups is 2. The Labute approximate surface area is 177 Å². The highest BCUT2D eigenvalue weighted by atomic mass is 16.2. The van der Waals surface area contributed by atoms with Crippen LogP contribution in [0.2, 0.25) is 0 Å². The Morgan fingerprint density at radius 1 is 1.07 bits per heavy atom. The van der Waals surface area contributed by atoms with E-state index in [9.17, 15) is 9.59 Å². The summed E-state index contributed by atoms with van der Waals surface area (Å²) >= 11 is 0. The smallest absolute Gasteiger partial charge is 0.244 e. The Morgan fingerprint density at radius 3 is 2.53 bits per heavy atom. The van der Waals surface area contributed by atoms with Crippen LogP contribution in [0.3, 0.4) is 0 Å². The van der Waals surface area contributed by atoms with Gasteiger partial charge in [0, 0.05) is 43.6 Å². The third kappa shape index (κ3) is 3.53. The molecule has 0 spiro atoms. The maximum atomic E-state index is 13.4. The fourth-order valence-corrected chi connectivity index (χ4v) is 5.75. The molecule has 1 aromatic carbocycles. The first-order valence-electron chi connectivity index (χ1n) is 11.2. The SMILES string of the molecule is Cc1cnn(CC(=O)N2C[C@H]3CN(C(=O)C4CCCC4)[C@H](c4ccccc4)[C@H]3C2)c1. The molecule has 3 fully saturated rings. The zero-order valence-electron chi connectivity index (χ0n) is 17.6. The molecule has 2 amide bonds. The van der Waals surface area contributed by atoms with Crippen molar-refractivity contribution in [2.24, 2.45) is 17.8 Å². The van der Waals surface area contributed by atoms with Crippen molar-refractivity contribution in [1.29, 1.82) is 0 Å². The number of amides is 2. The minimum atomic E-state index is 0.0778. The van der Waals surface area contributed by atoms with Crippen LogP contribution < -0.4 is 0 Å². The average Bonchev–Trinajstić information content (AvgIpc) is 3.52. The zero-order valence-corrected chi connectivity index (χ0v) is 17.6. The van der Waals surface area contributed by atoms with Crippen LogP contribution in [-0.4, -0.2) is 51.0 Å². The van der Waals surface area contributed by atoms with Gasteiger partial charge < -0.3 is 9.80 Å². The van der Waals surface area contributed by atoms with Gasteiger partial charge in [-0.3, -0.25) is 14.3 Å². The molecule has 6 heteroatoms. The number of likely N-dealkylation sites (tertiary alicyclic amines) is 2. The summed E-state index contributed by atoms with van der Waals surface area (Å²) in [6.45, 7) is 4.49. The molecule has 3 aliphatic rings. The van der Waals surface area contributed by atoms with Crippen molar-refractivity contribution in [3.63, 3.8) is 0 Å². The number of hydrogen-bond donors (Lipinski definition) is 0. The Balaban J connectivity index is 1.34. The Bertz CT molecular complexity index is 918. The molecule has 0 bridgehead atoms. The van der Waals surface area contributed by atoms with Crippen LogP contribution in [0.15, 0.2) is 42.7 Å². The molecule has 5 rings (SSSR count). The molecule has 6 nitrogen and oxygen atoms in total. The minimum absolute atomic E-state index is 0.0778. The zero-order chi connectivity index (χ0) is 20.7. The highest BCUT2D eigenvalue weighted by Gasteiger charge is 2.50. The lowest BCUT2D eigenvalue weighted by atomic mass is 9.89. The van der Waals surface area contributed by atoms with Crippen molar-refractivity contribution in [2.75, 3.05) is 19.6 Å². The molecule has 0 radical (unpaired) electrons. The average molecular weight is 407 g/mol. The van der Waals surface area contributed by atoms with Crippen molar-refractivity contribution in [2.45, 2.75) is 45.2 Å². The maximum absolute atomic E-state index is 13.4. The summed E-state index contributed by atoms with van der Waals surface area (Å²) in [6.07, 6.45) is 8.08. The van der Waals surface area contributed by atoms with E-state index in [1.807, 2.05) is 24.1 Å². The number of carbonyl (C=O) groups excluding carboxylic acids is 2. The Morgan fingerprint density at radius 2 is 1.83 bits per heavy atom. The number of nitrogens with zero attached hydrogens (tertiary/aromatic N) is 4. The van der Waals surface area contributed by atoms with E-state index in [-0.39, 0.29) is 24.4 Å². The molecule has 30 heavy (non-hydrogen) atoms. The van der Waals surface area contributed by atoms with Gasteiger partial charge in [-0.25, -0.2) is 0 Å². The van der Waals surface area contributed by atoms with Crippen LogP contribution in [0.4, 0.5) is 0 Å². The number of fused-ring (bicyclic) bond motifs is 1. The van der Waals surface area contributed by atoms with Gasteiger partial charge in [0.25, 0.3) is 0 Å². The highest BCUT2D eigenvalue weighted by Crippen LogP contribution is 2.46. The highest BCUT2D eigenvalue weighted by molar-refractivity contribution is 5.80. The third-order valence-corrected chi connectivity index (χ3v) is 7.21. The van der Waals surface area contributed by atoms with Crippen molar-refractivity contribution in [1.82, 2.24) is 19.6 Å². The van der Waals surface area contributed by atoms with Crippen LogP contribution in [0.1, 0.15) is 42.9 Å². The summed E-state index contributed by atoms with van der Waals surface area (Å²) in [6, 6.07) is 10.5. The van der Waals surface area contributed by atoms with E-state index in [1.165, 1.54) is 18.4 Å². The van der Waals surface area contributed by atoms with Crippen molar-refractivity contribution in [3.8, 4) is 0 Å². The Kier molecular flexibility index (Phi) is 5.09. The van der Waals surface area contributed by atoms with E-state index in [4.69, 9.17) is 0 Å². The van der Waals surface area contributed by atoms with E-state index in [0.717, 1.165) is 38.0 Å². The van der Waals surface area contributed by atoms with Crippen LogP contribution in [-0.2, 0) is 16.1 Å². The van der Waals surface area contributed by atoms with Gasteiger partial charge >= 0.3 is 0 Å². The van der Waals surface area contributed by atoms with Crippen LogP contribution in [0, 0.1) is 24.7 Å². The summed E-state index contributed by atoms with van der Waals surface area (Å²) in [5.74, 6) is 1.30. The van der Waals surface area contributed by atoms with E-state index in [2.05, 4.69) is 34.3 Å². The monoisotopic (exact) mass is 406 g/mol. The Hall–Kier alpha value is -2.63. The van der Waals surface area contributed by atoms with Gasteiger partial charge in [0.15, 0.2) is 0 Å². The lowest BCUT2D eigenvalue weighted by Crippen LogP contribution is -2.40. The van der Waals surface area contributed by atoms with Gasteiger partial charge in [0.2, 0.25) is 11.8 Å². The molecular weight excluding hydrogens is 376 g/mol. The fraction of sp³-hybridized carbons (Fsp3) is 0.542. The summed E-state index contributed by atoms with van der Waals surface area (Å²) in [5, 5.41) is 4.26. The van der Waals surface area contributed by atoms with Gasteiger partial charge in [0.1, 0.15) is 6.54 Å². The first-order valence-corrected chi connectivity index (χ1v) is 11.2. The summed E-state index contributed by atoms with van der Waals surface area (Å²) in [4.78, 5) is 30.4. The molecule has 0 unspecified atom stereocenters. The van der Waals surface area contributed by atoms with Crippen LogP contribution in [0.5, 0.6) is 0 Å². The molecule has 158 valence electrons. The molecular formula is C24H30N4O2. The van der Waals surface area contributed by atoms with Gasteiger partial charge in [-0.2, -0.15) is 5.10 Å². The number of aromatic nitrogens is 2. The first kappa shape index (κ1) is 19.3. The molecule has 1 aromatic heterocycles. The largest absolute Gasteiger partial charge is 0.340 e. The van der Waals surface area contributed by atoms with Gasteiger partial charge in [-0.15, -0.1) is 0 Å². The van der Waals surface area contributed by atoms with Crippen molar-refractivity contribution in [3.05, 3.63) is 53.9 Å². The minimum Gasteiger partial charge on any atom is -0.340 e. The molecule has 3 heterocycles. The quantitative estimate of drug-likeness (QED) is 0.784. The fourth-order valence-electron chi connectivity index (χ4n) is 5.75. The summed E-state index contributed by atoms with van der Waals surface area (Å²) < 4.78 is 1.72. The summed E-state index contributed by atoms with van der Waals surface area (Å²) in [5.41, 5.74) is 2.26.